The Morgan fingerprint density at radius 3 is 2.37 bits per heavy atom. The van der Waals surface area contributed by atoms with Crippen molar-refractivity contribution in [3.63, 3.8) is 0 Å². The van der Waals surface area contributed by atoms with Gasteiger partial charge in [0.15, 0.2) is 0 Å². The van der Waals surface area contributed by atoms with Crippen LogP contribution in [0.1, 0.15) is 39.0 Å². The fourth-order valence-electron chi connectivity index (χ4n) is 3.10. The summed E-state index contributed by atoms with van der Waals surface area (Å²) >= 11 is 4.12. The quantitative estimate of drug-likeness (QED) is 0.631. The average Bonchev–Trinajstić information content (AvgIpc) is 2.67. The maximum Gasteiger partial charge on any atom is 0.233 e. The highest BCUT2D eigenvalue weighted by Gasteiger charge is 2.39. The number of rotatable bonds is 4. The van der Waals surface area contributed by atoms with E-state index in [9.17, 15) is 14.4 Å². The highest BCUT2D eigenvalue weighted by molar-refractivity contribution is 7.80. The third-order valence-electron chi connectivity index (χ3n) is 4.42. The number of imide groups is 1. The summed E-state index contributed by atoms with van der Waals surface area (Å²) in [5.74, 6) is 0.907. The second-order valence-electron chi connectivity index (χ2n) is 5.75. The van der Waals surface area contributed by atoms with E-state index in [1.54, 1.807) is 6.92 Å². The molecule has 1 saturated carbocycles. The summed E-state index contributed by atoms with van der Waals surface area (Å²) in [5, 5.41) is 0. The van der Waals surface area contributed by atoms with E-state index >= 15 is 0 Å². The zero-order valence-electron chi connectivity index (χ0n) is 11.3. The summed E-state index contributed by atoms with van der Waals surface area (Å²) in [5.41, 5.74) is 0. The first-order valence-corrected chi connectivity index (χ1v) is 7.61. The molecule has 2 fully saturated rings. The zero-order valence-corrected chi connectivity index (χ0v) is 12.2. The average molecular weight is 283 g/mol. The molecule has 19 heavy (non-hydrogen) atoms. The van der Waals surface area contributed by atoms with Crippen molar-refractivity contribution in [3.05, 3.63) is 0 Å². The molecule has 0 bridgehead atoms. The number of ketones is 1. The molecule has 1 saturated heterocycles. The van der Waals surface area contributed by atoms with Crippen molar-refractivity contribution < 1.29 is 14.4 Å². The van der Waals surface area contributed by atoms with Crippen molar-refractivity contribution >= 4 is 30.2 Å². The zero-order chi connectivity index (χ0) is 14.0. The third-order valence-corrected chi connectivity index (χ3v) is 4.86. The molecule has 4 nitrogen and oxygen atoms in total. The summed E-state index contributed by atoms with van der Waals surface area (Å²) in [6.45, 7) is 2.18. The van der Waals surface area contributed by atoms with Crippen LogP contribution in [0.15, 0.2) is 0 Å². The SMILES string of the molecule is CC(=O)C1CCC(CN2C(=O)CC(CS)C2=O)CC1. The van der Waals surface area contributed by atoms with Crippen LogP contribution in [0, 0.1) is 17.8 Å². The summed E-state index contributed by atoms with van der Waals surface area (Å²) in [6, 6.07) is 0. The Bertz CT molecular complexity index is 388. The number of thiol groups is 1. The van der Waals surface area contributed by atoms with Gasteiger partial charge in [0.1, 0.15) is 5.78 Å². The van der Waals surface area contributed by atoms with Crippen LogP contribution in [0.25, 0.3) is 0 Å². The number of carbonyl (C=O) groups excluding carboxylic acids is 3. The van der Waals surface area contributed by atoms with E-state index in [2.05, 4.69) is 12.6 Å². The van der Waals surface area contributed by atoms with Crippen LogP contribution in [0.3, 0.4) is 0 Å². The minimum Gasteiger partial charge on any atom is -0.300 e. The molecule has 1 atom stereocenters. The lowest BCUT2D eigenvalue weighted by atomic mass is 9.80. The van der Waals surface area contributed by atoms with Crippen molar-refractivity contribution in [1.82, 2.24) is 4.90 Å². The smallest absolute Gasteiger partial charge is 0.233 e. The molecular weight excluding hydrogens is 262 g/mol. The van der Waals surface area contributed by atoms with Crippen molar-refractivity contribution in [3.8, 4) is 0 Å². The van der Waals surface area contributed by atoms with Gasteiger partial charge in [-0.15, -0.1) is 0 Å². The second kappa shape index (κ2) is 6.07. The summed E-state index contributed by atoms with van der Waals surface area (Å²) in [7, 11) is 0. The van der Waals surface area contributed by atoms with Crippen LogP contribution in [0.4, 0.5) is 0 Å². The van der Waals surface area contributed by atoms with Crippen molar-refractivity contribution in [2.45, 2.75) is 39.0 Å². The molecule has 5 heteroatoms. The van der Waals surface area contributed by atoms with Gasteiger partial charge >= 0.3 is 0 Å². The Morgan fingerprint density at radius 1 is 1.26 bits per heavy atom. The van der Waals surface area contributed by atoms with E-state index < -0.39 is 0 Å². The normalized spacial score (nSPS) is 31.9. The van der Waals surface area contributed by atoms with E-state index in [0.717, 1.165) is 25.7 Å². The number of hydrogen-bond acceptors (Lipinski definition) is 4. The monoisotopic (exact) mass is 283 g/mol. The first-order valence-electron chi connectivity index (χ1n) is 6.98. The Balaban J connectivity index is 1.87. The van der Waals surface area contributed by atoms with Crippen molar-refractivity contribution in [2.75, 3.05) is 12.3 Å². The van der Waals surface area contributed by atoms with Crippen LogP contribution < -0.4 is 0 Å². The molecule has 0 spiro atoms. The largest absolute Gasteiger partial charge is 0.300 e. The molecule has 2 aliphatic rings. The topological polar surface area (TPSA) is 54.5 Å². The molecule has 2 amide bonds. The van der Waals surface area contributed by atoms with E-state index in [1.165, 1.54) is 4.90 Å². The van der Waals surface area contributed by atoms with Gasteiger partial charge in [-0.2, -0.15) is 12.6 Å². The van der Waals surface area contributed by atoms with Crippen LogP contribution >= 0.6 is 12.6 Å². The lowest BCUT2D eigenvalue weighted by Crippen LogP contribution is -2.37. The standard InChI is InChI=1S/C14H21NO3S/c1-9(16)11-4-2-10(3-5-11)7-15-13(17)6-12(8-19)14(15)18/h10-12,19H,2-8H2,1H3. The summed E-state index contributed by atoms with van der Waals surface area (Å²) in [4.78, 5) is 36.5. The van der Waals surface area contributed by atoms with Crippen LogP contribution in [0.5, 0.6) is 0 Å². The molecule has 0 aromatic carbocycles. The Kier molecular flexibility index (Phi) is 4.66. The molecule has 0 aromatic rings. The predicted molar refractivity (Wildman–Crippen MR) is 74.8 cm³/mol. The lowest BCUT2D eigenvalue weighted by molar-refractivity contribution is -0.140. The van der Waals surface area contributed by atoms with Gasteiger partial charge in [-0.3, -0.25) is 19.3 Å². The molecule has 0 radical (unpaired) electrons. The number of hydrogen-bond donors (Lipinski definition) is 1. The van der Waals surface area contributed by atoms with Crippen LogP contribution in [0.2, 0.25) is 0 Å². The van der Waals surface area contributed by atoms with Gasteiger partial charge in [0.2, 0.25) is 11.8 Å². The number of carbonyl (C=O) groups is 3. The minimum absolute atomic E-state index is 0.0576. The molecule has 1 unspecified atom stereocenters. The molecule has 1 heterocycles. The molecule has 0 aromatic heterocycles. The maximum atomic E-state index is 12.0. The summed E-state index contributed by atoms with van der Waals surface area (Å²) < 4.78 is 0. The van der Waals surface area contributed by atoms with Gasteiger partial charge in [-0.05, 0) is 38.5 Å². The number of amides is 2. The van der Waals surface area contributed by atoms with E-state index in [4.69, 9.17) is 0 Å². The van der Waals surface area contributed by atoms with Crippen molar-refractivity contribution in [1.29, 1.82) is 0 Å². The molecule has 0 N–H and O–H groups in total. The Morgan fingerprint density at radius 2 is 1.89 bits per heavy atom. The van der Waals surface area contributed by atoms with E-state index in [0.29, 0.717) is 24.6 Å². The number of likely N-dealkylation sites (tertiary alicyclic amines) is 1. The van der Waals surface area contributed by atoms with Gasteiger partial charge in [-0.1, -0.05) is 0 Å². The molecule has 2 rings (SSSR count). The molecule has 1 aliphatic carbocycles. The highest BCUT2D eigenvalue weighted by atomic mass is 32.1. The third kappa shape index (κ3) is 3.19. The second-order valence-corrected chi connectivity index (χ2v) is 6.12. The predicted octanol–water partition coefficient (Wildman–Crippen LogP) is 1.69. The molecular formula is C14H21NO3S. The number of nitrogens with zero attached hydrogens (tertiary/aromatic N) is 1. The minimum atomic E-state index is -0.232. The maximum absolute atomic E-state index is 12.0. The Hall–Kier alpha value is -0.840. The number of Topliss-reactive ketones (excluding diaryl/α,β-unsaturated/α-hetero) is 1. The van der Waals surface area contributed by atoms with E-state index in [1.807, 2.05) is 0 Å². The van der Waals surface area contributed by atoms with Gasteiger partial charge in [0, 0.05) is 24.6 Å². The molecule has 106 valence electrons. The first kappa shape index (κ1) is 14.6. The van der Waals surface area contributed by atoms with E-state index in [-0.39, 0.29) is 29.4 Å². The lowest BCUT2D eigenvalue weighted by Gasteiger charge is -2.29. The van der Waals surface area contributed by atoms with Crippen LogP contribution in [-0.2, 0) is 14.4 Å². The molecule has 1 aliphatic heterocycles. The summed E-state index contributed by atoms with van der Waals surface area (Å²) in [6.07, 6.45) is 3.98. The van der Waals surface area contributed by atoms with Gasteiger partial charge in [0.05, 0.1) is 5.92 Å². The van der Waals surface area contributed by atoms with Crippen LogP contribution in [-0.4, -0.2) is 34.8 Å². The van der Waals surface area contributed by atoms with Gasteiger partial charge in [-0.25, -0.2) is 0 Å². The van der Waals surface area contributed by atoms with Gasteiger partial charge in [0.25, 0.3) is 0 Å². The van der Waals surface area contributed by atoms with Crippen molar-refractivity contribution in [2.24, 2.45) is 17.8 Å². The van der Waals surface area contributed by atoms with Gasteiger partial charge < -0.3 is 0 Å². The first-order chi connectivity index (χ1) is 9.02. The fourth-order valence-corrected chi connectivity index (χ4v) is 3.38. The fraction of sp³-hybridized carbons (Fsp3) is 0.786. The Labute approximate surface area is 119 Å². The highest BCUT2D eigenvalue weighted by Crippen LogP contribution is 2.31.